The van der Waals surface area contributed by atoms with Gasteiger partial charge in [0.05, 0.1) is 12.8 Å². The molecule has 2 rings (SSSR count). The molecule has 18 heavy (non-hydrogen) atoms. The van der Waals surface area contributed by atoms with Crippen LogP contribution in [0.4, 0.5) is 0 Å². The summed E-state index contributed by atoms with van der Waals surface area (Å²) < 4.78 is 5.32. The van der Waals surface area contributed by atoms with E-state index in [2.05, 4.69) is 0 Å². The average molecular weight is 250 g/mol. The fraction of sp³-hybridized carbons (Fsp3) is 0.643. The Hall–Kier alpha value is -1.29. The lowest BCUT2D eigenvalue weighted by molar-refractivity contribution is -0.132. The summed E-state index contributed by atoms with van der Waals surface area (Å²) in [6, 6.07) is 4.39. The van der Waals surface area contributed by atoms with E-state index in [1.807, 2.05) is 24.0 Å². The second-order valence-corrected chi connectivity index (χ2v) is 5.20. The van der Waals surface area contributed by atoms with Crippen LogP contribution in [0.2, 0.25) is 0 Å². The number of hydrogen-bond acceptors (Lipinski definition) is 3. The minimum absolute atomic E-state index is 0.178. The van der Waals surface area contributed by atoms with Crippen LogP contribution in [-0.2, 0) is 11.3 Å². The third kappa shape index (κ3) is 3.88. The number of hydrogen-bond donors (Lipinski definition) is 1. The monoisotopic (exact) mass is 250 g/mol. The van der Waals surface area contributed by atoms with Gasteiger partial charge in [-0.1, -0.05) is 0 Å². The highest BCUT2D eigenvalue weighted by Gasteiger charge is 2.32. The van der Waals surface area contributed by atoms with Crippen molar-refractivity contribution in [3.63, 3.8) is 0 Å². The Kier molecular flexibility index (Phi) is 4.42. The summed E-state index contributed by atoms with van der Waals surface area (Å²) in [5.41, 5.74) is 5.70. The molecule has 1 saturated carbocycles. The Bertz CT molecular complexity index is 369. The van der Waals surface area contributed by atoms with Crippen LogP contribution in [0.1, 0.15) is 44.8 Å². The summed E-state index contributed by atoms with van der Waals surface area (Å²) in [6.45, 7) is 2.58. The summed E-state index contributed by atoms with van der Waals surface area (Å²) in [7, 11) is 0. The molecule has 1 aromatic rings. The van der Waals surface area contributed by atoms with E-state index in [0.29, 0.717) is 19.0 Å². The lowest BCUT2D eigenvalue weighted by atomic mass is 10.1. The zero-order valence-electron chi connectivity index (χ0n) is 11.0. The fourth-order valence-corrected chi connectivity index (χ4v) is 2.10. The van der Waals surface area contributed by atoms with Crippen molar-refractivity contribution in [1.82, 2.24) is 4.90 Å². The summed E-state index contributed by atoms with van der Waals surface area (Å²) in [5.74, 6) is 1.09. The predicted molar refractivity (Wildman–Crippen MR) is 69.8 cm³/mol. The van der Waals surface area contributed by atoms with E-state index in [4.69, 9.17) is 10.2 Å². The molecule has 0 radical (unpaired) electrons. The first-order chi connectivity index (χ1) is 8.66. The Labute approximate surface area is 108 Å². The molecule has 1 atom stereocenters. The molecule has 1 amide bonds. The molecule has 0 saturated heterocycles. The molecule has 1 aliphatic carbocycles. The van der Waals surface area contributed by atoms with Crippen LogP contribution >= 0.6 is 0 Å². The molecule has 1 aromatic heterocycles. The van der Waals surface area contributed by atoms with Gasteiger partial charge in [-0.3, -0.25) is 4.79 Å². The maximum absolute atomic E-state index is 12.2. The molecule has 1 heterocycles. The summed E-state index contributed by atoms with van der Waals surface area (Å²) in [5, 5.41) is 0. The number of rotatable bonds is 7. The zero-order valence-corrected chi connectivity index (χ0v) is 11.0. The lowest BCUT2D eigenvalue weighted by Gasteiger charge is -2.21. The van der Waals surface area contributed by atoms with Gasteiger partial charge in [0, 0.05) is 18.5 Å². The Morgan fingerprint density at radius 1 is 1.61 bits per heavy atom. The number of amides is 1. The molecule has 0 spiro atoms. The first kappa shape index (κ1) is 13.1. The molecule has 100 valence electrons. The molecular weight excluding hydrogens is 228 g/mol. The Morgan fingerprint density at radius 3 is 2.94 bits per heavy atom. The molecule has 1 aliphatic rings. The fourth-order valence-electron chi connectivity index (χ4n) is 2.10. The minimum atomic E-state index is 0.178. The van der Waals surface area contributed by atoms with E-state index in [0.717, 1.165) is 31.4 Å². The maximum atomic E-state index is 12.2. The van der Waals surface area contributed by atoms with E-state index in [9.17, 15) is 4.79 Å². The molecule has 0 aromatic carbocycles. The van der Waals surface area contributed by atoms with Crippen LogP contribution in [-0.4, -0.2) is 22.9 Å². The quantitative estimate of drug-likeness (QED) is 0.807. The van der Waals surface area contributed by atoms with Gasteiger partial charge >= 0.3 is 0 Å². The number of carbonyl (C=O) groups excluding carboxylic acids is 1. The van der Waals surface area contributed by atoms with Crippen LogP contribution in [0.5, 0.6) is 0 Å². The van der Waals surface area contributed by atoms with E-state index in [1.54, 1.807) is 6.26 Å². The highest BCUT2D eigenvalue weighted by atomic mass is 16.3. The van der Waals surface area contributed by atoms with Crippen LogP contribution in [0, 0.1) is 0 Å². The first-order valence-corrected chi connectivity index (χ1v) is 6.74. The molecule has 0 bridgehead atoms. The van der Waals surface area contributed by atoms with Crippen molar-refractivity contribution in [2.75, 3.05) is 0 Å². The number of furan rings is 1. The van der Waals surface area contributed by atoms with Crippen molar-refractivity contribution in [3.8, 4) is 0 Å². The van der Waals surface area contributed by atoms with Crippen LogP contribution in [0.25, 0.3) is 0 Å². The van der Waals surface area contributed by atoms with Gasteiger partial charge in [0.25, 0.3) is 0 Å². The third-order valence-electron chi connectivity index (χ3n) is 3.26. The van der Waals surface area contributed by atoms with Crippen molar-refractivity contribution in [1.29, 1.82) is 0 Å². The topological polar surface area (TPSA) is 59.5 Å². The van der Waals surface area contributed by atoms with E-state index >= 15 is 0 Å². The molecule has 2 N–H and O–H groups in total. The maximum Gasteiger partial charge on any atom is 0.223 e. The smallest absolute Gasteiger partial charge is 0.223 e. The predicted octanol–water partition coefficient (Wildman–Crippen LogP) is 2.29. The van der Waals surface area contributed by atoms with E-state index in [1.165, 1.54) is 0 Å². The largest absolute Gasteiger partial charge is 0.467 e. The van der Waals surface area contributed by atoms with Gasteiger partial charge in [0.15, 0.2) is 0 Å². The van der Waals surface area contributed by atoms with E-state index < -0.39 is 0 Å². The highest BCUT2D eigenvalue weighted by molar-refractivity contribution is 5.76. The van der Waals surface area contributed by atoms with Crippen molar-refractivity contribution in [3.05, 3.63) is 24.2 Å². The summed E-state index contributed by atoms with van der Waals surface area (Å²) in [6.07, 6.45) is 6.28. The lowest BCUT2D eigenvalue weighted by Crippen LogP contribution is -2.32. The molecule has 4 nitrogen and oxygen atoms in total. The Balaban J connectivity index is 1.83. The van der Waals surface area contributed by atoms with Gasteiger partial charge in [-0.2, -0.15) is 0 Å². The van der Waals surface area contributed by atoms with Crippen molar-refractivity contribution >= 4 is 5.91 Å². The van der Waals surface area contributed by atoms with Crippen LogP contribution < -0.4 is 5.73 Å². The molecule has 1 unspecified atom stereocenters. The molecule has 4 heteroatoms. The highest BCUT2D eigenvalue weighted by Crippen LogP contribution is 2.29. The minimum Gasteiger partial charge on any atom is -0.467 e. The van der Waals surface area contributed by atoms with Gasteiger partial charge in [0.1, 0.15) is 5.76 Å². The standard InChI is InChI=1S/C14H22N2O2/c1-11(15)4-2-6-14(17)16(12-7-8-12)10-13-5-3-9-18-13/h3,5,9,11-12H,2,4,6-8,10,15H2,1H3. The van der Waals surface area contributed by atoms with E-state index in [-0.39, 0.29) is 11.9 Å². The molecular formula is C14H22N2O2. The first-order valence-electron chi connectivity index (χ1n) is 6.74. The van der Waals surface area contributed by atoms with Crippen molar-refractivity contribution in [2.24, 2.45) is 5.73 Å². The zero-order chi connectivity index (χ0) is 13.0. The average Bonchev–Trinajstić information content (AvgIpc) is 3.02. The number of carbonyl (C=O) groups is 1. The van der Waals surface area contributed by atoms with Crippen LogP contribution in [0.3, 0.4) is 0 Å². The molecule has 0 aliphatic heterocycles. The SMILES string of the molecule is CC(N)CCCC(=O)N(Cc1ccco1)C1CC1. The summed E-state index contributed by atoms with van der Waals surface area (Å²) >= 11 is 0. The van der Waals surface area contributed by atoms with Crippen molar-refractivity contribution < 1.29 is 9.21 Å². The van der Waals surface area contributed by atoms with Crippen LogP contribution in [0.15, 0.2) is 22.8 Å². The normalized spacial score (nSPS) is 16.6. The second-order valence-electron chi connectivity index (χ2n) is 5.20. The van der Waals surface area contributed by atoms with Gasteiger partial charge in [-0.25, -0.2) is 0 Å². The number of nitrogens with two attached hydrogens (primary N) is 1. The van der Waals surface area contributed by atoms with Gasteiger partial charge in [-0.15, -0.1) is 0 Å². The number of nitrogens with zero attached hydrogens (tertiary/aromatic N) is 1. The molecule has 1 fully saturated rings. The van der Waals surface area contributed by atoms with Crippen molar-refractivity contribution in [2.45, 2.75) is 57.7 Å². The summed E-state index contributed by atoms with van der Waals surface area (Å²) in [4.78, 5) is 14.1. The van der Waals surface area contributed by atoms with Gasteiger partial charge < -0.3 is 15.1 Å². The Morgan fingerprint density at radius 2 is 2.39 bits per heavy atom. The van der Waals surface area contributed by atoms with Gasteiger partial charge in [0.2, 0.25) is 5.91 Å². The third-order valence-corrected chi connectivity index (χ3v) is 3.26. The van der Waals surface area contributed by atoms with Gasteiger partial charge in [-0.05, 0) is 44.7 Å². The second kappa shape index (κ2) is 6.05.